The molecule has 2 nitrogen and oxygen atoms in total. The van der Waals surface area contributed by atoms with Gasteiger partial charge in [-0.25, -0.2) is 4.79 Å². The van der Waals surface area contributed by atoms with Gasteiger partial charge in [-0.15, -0.1) is 11.6 Å². The van der Waals surface area contributed by atoms with Gasteiger partial charge >= 0.3 is 5.97 Å². The fourth-order valence-corrected chi connectivity index (χ4v) is 1.00. The highest BCUT2D eigenvalue weighted by Gasteiger charge is 2.08. The van der Waals surface area contributed by atoms with E-state index in [9.17, 15) is 4.79 Å². The van der Waals surface area contributed by atoms with Gasteiger partial charge in [0.25, 0.3) is 0 Å². The van der Waals surface area contributed by atoms with E-state index in [1.165, 1.54) is 0 Å². The lowest BCUT2D eigenvalue weighted by Crippen LogP contribution is -2.13. The Bertz CT molecular complexity index is 285. The van der Waals surface area contributed by atoms with Gasteiger partial charge in [0.1, 0.15) is 6.61 Å². The Morgan fingerprint density at radius 2 is 2.07 bits per heavy atom. The summed E-state index contributed by atoms with van der Waals surface area (Å²) in [5, 5.41) is -0.0948. The van der Waals surface area contributed by atoms with Crippen molar-refractivity contribution in [2.45, 2.75) is 18.7 Å². The highest BCUT2D eigenvalue weighted by atomic mass is 35.5. The summed E-state index contributed by atoms with van der Waals surface area (Å²) >= 11 is 5.82. The molecule has 76 valence electrons. The zero-order valence-corrected chi connectivity index (χ0v) is 8.83. The minimum Gasteiger partial charge on any atom is -0.461 e. The van der Waals surface area contributed by atoms with E-state index < -0.39 is 0 Å². The zero-order valence-electron chi connectivity index (χ0n) is 8.07. The summed E-state index contributed by atoms with van der Waals surface area (Å²) in [5.41, 5.74) is 0.562. The quantitative estimate of drug-likeness (QED) is 0.567. The molecule has 0 saturated carbocycles. The van der Waals surface area contributed by atoms with E-state index in [0.717, 1.165) is 6.42 Å². The first kappa shape index (κ1) is 11.1. The number of benzene rings is 1. The predicted octanol–water partition coefficient (Wildman–Crippen LogP) is 2.86. The number of esters is 1. The second-order valence-corrected chi connectivity index (χ2v) is 3.59. The van der Waals surface area contributed by atoms with E-state index in [0.29, 0.717) is 5.56 Å². The Hall–Kier alpha value is -1.02. The number of alkyl halides is 1. The van der Waals surface area contributed by atoms with Gasteiger partial charge in [0, 0.05) is 0 Å². The van der Waals surface area contributed by atoms with Crippen LogP contribution in [0.2, 0.25) is 0 Å². The molecule has 3 heteroatoms. The van der Waals surface area contributed by atoms with E-state index >= 15 is 0 Å². The molecular weight excluding hydrogens is 200 g/mol. The molecule has 0 aliphatic carbocycles. The summed E-state index contributed by atoms with van der Waals surface area (Å²) in [6.45, 7) is 2.22. The lowest BCUT2D eigenvalue weighted by molar-refractivity contribution is 0.0503. The number of carbonyl (C=O) groups excluding carboxylic acids is 1. The second kappa shape index (κ2) is 5.66. The fraction of sp³-hybridized carbons (Fsp3) is 0.364. The van der Waals surface area contributed by atoms with Crippen molar-refractivity contribution in [1.29, 1.82) is 0 Å². The molecule has 0 saturated heterocycles. The maximum Gasteiger partial charge on any atom is 0.338 e. The molecule has 0 fully saturated rings. The first-order valence-electron chi connectivity index (χ1n) is 4.60. The normalized spacial score (nSPS) is 12.1. The molecule has 0 amide bonds. The summed E-state index contributed by atoms with van der Waals surface area (Å²) in [4.78, 5) is 11.4. The minimum atomic E-state index is -0.315. The van der Waals surface area contributed by atoms with Gasteiger partial charge in [-0.3, -0.25) is 0 Å². The molecule has 0 N–H and O–H groups in total. The monoisotopic (exact) mass is 212 g/mol. The topological polar surface area (TPSA) is 26.3 Å². The van der Waals surface area contributed by atoms with Gasteiger partial charge in [-0.05, 0) is 18.6 Å². The Morgan fingerprint density at radius 3 is 2.64 bits per heavy atom. The van der Waals surface area contributed by atoms with Crippen molar-refractivity contribution in [1.82, 2.24) is 0 Å². The van der Waals surface area contributed by atoms with Gasteiger partial charge in [0.05, 0.1) is 10.9 Å². The minimum absolute atomic E-state index is 0.0948. The van der Waals surface area contributed by atoms with Crippen LogP contribution in [-0.2, 0) is 4.74 Å². The van der Waals surface area contributed by atoms with Crippen LogP contribution < -0.4 is 0 Å². The number of rotatable bonds is 4. The molecule has 0 aliphatic heterocycles. The summed E-state index contributed by atoms with van der Waals surface area (Å²) in [6.07, 6.45) is 0.795. The van der Waals surface area contributed by atoms with Gasteiger partial charge in [0.15, 0.2) is 0 Å². The maximum atomic E-state index is 11.4. The number of carbonyl (C=O) groups is 1. The molecule has 1 aromatic rings. The average Bonchev–Trinajstić information content (AvgIpc) is 2.26. The molecular formula is C11H13ClO2. The van der Waals surface area contributed by atoms with Crippen LogP contribution in [0.15, 0.2) is 30.3 Å². The van der Waals surface area contributed by atoms with Crippen LogP contribution in [0.5, 0.6) is 0 Å². The predicted molar refractivity (Wildman–Crippen MR) is 56.7 cm³/mol. The van der Waals surface area contributed by atoms with Crippen molar-refractivity contribution in [2.75, 3.05) is 6.61 Å². The van der Waals surface area contributed by atoms with Crippen LogP contribution in [-0.4, -0.2) is 18.0 Å². The number of halogens is 1. The summed E-state index contributed by atoms with van der Waals surface area (Å²) < 4.78 is 5.01. The number of hydrogen-bond acceptors (Lipinski definition) is 2. The van der Waals surface area contributed by atoms with E-state index in [4.69, 9.17) is 16.3 Å². The molecule has 1 rings (SSSR count). The fourth-order valence-electron chi connectivity index (χ4n) is 0.942. The van der Waals surface area contributed by atoms with Crippen LogP contribution >= 0.6 is 11.6 Å². The van der Waals surface area contributed by atoms with Crippen molar-refractivity contribution in [3.8, 4) is 0 Å². The van der Waals surface area contributed by atoms with Gasteiger partial charge in [0.2, 0.25) is 0 Å². The SMILES string of the molecule is CC[C@H](Cl)COC(=O)c1ccccc1. The highest BCUT2D eigenvalue weighted by Crippen LogP contribution is 2.05. The Labute approximate surface area is 88.8 Å². The van der Waals surface area contributed by atoms with Crippen LogP contribution in [0.25, 0.3) is 0 Å². The highest BCUT2D eigenvalue weighted by molar-refractivity contribution is 6.20. The van der Waals surface area contributed by atoms with Crippen LogP contribution in [0.3, 0.4) is 0 Å². The third kappa shape index (κ3) is 3.38. The Balaban J connectivity index is 2.44. The van der Waals surface area contributed by atoms with Crippen molar-refractivity contribution >= 4 is 17.6 Å². The number of ether oxygens (including phenoxy) is 1. The molecule has 0 bridgehead atoms. The maximum absolute atomic E-state index is 11.4. The smallest absolute Gasteiger partial charge is 0.338 e. The first-order chi connectivity index (χ1) is 6.74. The summed E-state index contributed by atoms with van der Waals surface area (Å²) in [6, 6.07) is 8.89. The first-order valence-corrected chi connectivity index (χ1v) is 5.04. The van der Waals surface area contributed by atoms with E-state index in [-0.39, 0.29) is 18.0 Å². The molecule has 0 aliphatic rings. The molecule has 0 radical (unpaired) electrons. The molecule has 1 aromatic carbocycles. The van der Waals surface area contributed by atoms with Gasteiger partial charge in [-0.1, -0.05) is 25.1 Å². The molecule has 0 heterocycles. The average molecular weight is 213 g/mol. The van der Waals surface area contributed by atoms with Crippen LogP contribution in [0.1, 0.15) is 23.7 Å². The van der Waals surface area contributed by atoms with Crippen molar-refractivity contribution in [3.63, 3.8) is 0 Å². The third-order valence-electron chi connectivity index (χ3n) is 1.85. The third-order valence-corrected chi connectivity index (χ3v) is 2.28. The van der Waals surface area contributed by atoms with E-state index in [1.807, 2.05) is 13.0 Å². The molecule has 0 unspecified atom stereocenters. The van der Waals surface area contributed by atoms with Crippen LogP contribution in [0, 0.1) is 0 Å². The standard InChI is InChI=1S/C11H13ClO2/c1-2-10(12)8-14-11(13)9-6-4-3-5-7-9/h3-7,10H,2,8H2,1H3/t10-/m0/s1. The van der Waals surface area contributed by atoms with Gasteiger partial charge < -0.3 is 4.74 Å². The Morgan fingerprint density at radius 1 is 1.43 bits per heavy atom. The van der Waals surface area contributed by atoms with Crippen molar-refractivity contribution in [3.05, 3.63) is 35.9 Å². The molecule has 1 atom stereocenters. The van der Waals surface area contributed by atoms with Crippen molar-refractivity contribution in [2.24, 2.45) is 0 Å². The second-order valence-electron chi connectivity index (χ2n) is 2.97. The summed E-state index contributed by atoms with van der Waals surface area (Å²) in [5.74, 6) is -0.315. The lowest BCUT2D eigenvalue weighted by atomic mass is 10.2. The molecule has 14 heavy (non-hydrogen) atoms. The molecule has 0 aromatic heterocycles. The van der Waals surface area contributed by atoms with Crippen molar-refractivity contribution < 1.29 is 9.53 Å². The van der Waals surface area contributed by atoms with E-state index in [2.05, 4.69) is 0 Å². The molecule has 0 spiro atoms. The van der Waals surface area contributed by atoms with E-state index in [1.54, 1.807) is 24.3 Å². The number of hydrogen-bond donors (Lipinski definition) is 0. The van der Waals surface area contributed by atoms with Crippen LogP contribution in [0.4, 0.5) is 0 Å². The lowest BCUT2D eigenvalue weighted by Gasteiger charge is -2.07. The zero-order chi connectivity index (χ0) is 10.4. The van der Waals surface area contributed by atoms with Gasteiger partial charge in [-0.2, -0.15) is 0 Å². The summed E-state index contributed by atoms with van der Waals surface area (Å²) in [7, 11) is 0. The Kier molecular flexibility index (Phi) is 4.47. The largest absolute Gasteiger partial charge is 0.461 e.